The van der Waals surface area contributed by atoms with E-state index in [1.54, 1.807) is 0 Å². The number of carbonyl (C=O) groups excluding carboxylic acids is 1. The third kappa shape index (κ3) is 4.56. The van der Waals surface area contributed by atoms with Crippen molar-refractivity contribution >= 4 is 23.4 Å². The molecular formula is C22H20FN3O2S. The van der Waals surface area contributed by atoms with Crippen LogP contribution in [0, 0.1) is 5.82 Å². The van der Waals surface area contributed by atoms with Gasteiger partial charge in [0.05, 0.1) is 5.69 Å². The first-order valence-corrected chi connectivity index (χ1v) is 10.4. The average molecular weight is 409 g/mol. The van der Waals surface area contributed by atoms with Gasteiger partial charge in [-0.25, -0.2) is 9.37 Å². The summed E-state index contributed by atoms with van der Waals surface area (Å²) in [4.78, 5) is 30.2. The summed E-state index contributed by atoms with van der Waals surface area (Å²) in [6.07, 6.45) is 2.41. The molecule has 0 bridgehead atoms. The monoisotopic (exact) mass is 409 g/mol. The fourth-order valence-electron chi connectivity index (χ4n) is 3.36. The molecule has 0 spiro atoms. The Kier molecular flexibility index (Phi) is 5.76. The second kappa shape index (κ2) is 8.61. The minimum atomic E-state index is -0.373. The highest BCUT2D eigenvalue weighted by molar-refractivity contribution is 7.98. The van der Waals surface area contributed by atoms with E-state index in [9.17, 15) is 14.0 Å². The predicted molar refractivity (Wildman–Crippen MR) is 112 cm³/mol. The lowest BCUT2D eigenvalue weighted by atomic mass is 10.2. The van der Waals surface area contributed by atoms with Crippen LogP contribution in [-0.2, 0) is 29.9 Å². The summed E-state index contributed by atoms with van der Waals surface area (Å²) in [5.74, 6) is -0.0623. The zero-order valence-electron chi connectivity index (χ0n) is 15.7. The number of amides is 1. The molecule has 1 aromatic heterocycles. The van der Waals surface area contributed by atoms with Gasteiger partial charge in [0.15, 0.2) is 5.16 Å². The van der Waals surface area contributed by atoms with Gasteiger partial charge in [-0.3, -0.25) is 14.2 Å². The molecule has 148 valence electrons. The number of anilines is 1. The summed E-state index contributed by atoms with van der Waals surface area (Å²) in [7, 11) is 0. The number of aromatic nitrogens is 2. The molecule has 1 amide bonds. The van der Waals surface area contributed by atoms with Gasteiger partial charge in [-0.2, -0.15) is 0 Å². The Morgan fingerprint density at radius 1 is 1.10 bits per heavy atom. The first-order valence-electron chi connectivity index (χ1n) is 9.45. The molecule has 2 aromatic carbocycles. The molecule has 1 heterocycles. The number of fused-ring (bicyclic) bond motifs is 1. The third-order valence-electron chi connectivity index (χ3n) is 4.79. The fourth-order valence-corrected chi connectivity index (χ4v) is 4.32. The summed E-state index contributed by atoms with van der Waals surface area (Å²) < 4.78 is 14.5. The van der Waals surface area contributed by atoms with Crippen molar-refractivity contribution in [1.82, 2.24) is 9.55 Å². The second-order valence-corrected chi connectivity index (χ2v) is 7.84. The number of benzene rings is 2. The van der Waals surface area contributed by atoms with Crippen molar-refractivity contribution < 1.29 is 9.18 Å². The minimum Gasteiger partial charge on any atom is -0.325 e. The number of nitrogens with zero attached hydrogens (tertiary/aromatic N) is 2. The number of hydrogen-bond acceptors (Lipinski definition) is 4. The van der Waals surface area contributed by atoms with Gasteiger partial charge in [-0.05, 0) is 49.1 Å². The molecule has 0 saturated carbocycles. The lowest BCUT2D eigenvalue weighted by Crippen LogP contribution is -2.32. The number of aryl methyl sites for hydroxylation is 1. The normalized spacial score (nSPS) is 12.6. The van der Waals surface area contributed by atoms with Crippen molar-refractivity contribution in [1.29, 1.82) is 0 Å². The van der Waals surface area contributed by atoms with E-state index >= 15 is 0 Å². The maximum absolute atomic E-state index is 13.1. The predicted octanol–water partition coefficient (Wildman–Crippen LogP) is 3.80. The van der Waals surface area contributed by atoms with Crippen LogP contribution in [0.1, 0.15) is 23.2 Å². The van der Waals surface area contributed by atoms with E-state index in [-0.39, 0.29) is 23.8 Å². The van der Waals surface area contributed by atoms with Gasteiger partial charge in [0.25, 0.3) is 5.56 Å². The molecule has 0 atom stereocenters. The molecule has 1 aliphatic rings. The van der Waals surface area contributed by atoms with E-state index in [1.807, 2.05) is 30.3 Å². The van der Waals surface area contributed by atoms with Crippen LogP contribution in [0.4, 0.5) is 10.1 Å². The van der Waals surface area contributed by atoms with Crippen LogP contribution in [0.25, 0.3) is 0 Å². The quantitative estimate of drug-likeness (QED) is 0.497. The molecular weight excluding hydrogens is 389 g/mol. The zero-order valence-corrected chi connectivity index (χ0v) is 16.5. The van der Waals surface area contributed by atoms with Crippen LogP contribution in [-0.4, -0.2) is 15.5 Å². The van der Waals surface area contributed by atoms with E-state index in [4.69, 9.17) is 4.98 Å². The van der Waals surface area contributed by atoms with Gasteiger partial charge in [0, 0.05) is 17.0 Å². The molecule has 0 fully saturated rings. The maximum atomic E-state index is 13.1. The Balaban J connectivity index is 1.57. The lowest BCUT2D eigenvalue weighted by molar-refractivity contribution is -0.116. The summed E-state index contributed by atoms with van der Waals surface area (Å²) in [5, 5.41) is 3.26. The Morgan fingerprint density at radius 3 is 2.62 bits per heavy atom. The second-order valence-electron chi connectivity index (χ2n) is 6.89. The summed E-state index contributed by atoms with van der Waals surface area (Å²) in [5.41, 5.74) is 3.02. The molecule has 0 unspecified atom stereocenters. The van der Waals surface area contributed by atoms with Gasteiger partial charge in [0.2, 0.25) is 5.91 Å². The van der Waals surface area contributed by atoms with E-state index in [0.717, 1.165) is 24.1 Å². The Bertz CT molecular complexity index is 1080. The number of thioether (sulfide) groups is 1. The standard InChI is InChI=1S/C22H20FN3O2S/c23-16-9-11-17(12-10-16)24-20(27)13-26-21(28)18-7-4-8-19(18)25-22(26)29-14-15-5-2-1-3-6-15/h1-3,5-6,9-12H,4,7-8,13-14H2,(H,24,27). The highest BCUT2D eigenvalue weighted by Gasteiger charge is 2.22. The van der Waals surface area contributed by atoms with Crippen molar-refractivity contribution in [2.75, 3.05) is 5.32 Å². The van der Waals surface area contributed by atoms with Crippen molar-refractivity contribution in [2.45, 2.75) is 36.7 Å². The van der Waals surface area contributed by atoms with Gasteiger partial charge in [-0.15, -0.1) is 0 Å². The smallest absolute Gasteiger partial charge is 0.258 e. The fraction of sp³-hybridized carbons (Fsp3) is 0.227. The molecule has 7 heteroatoms. The van der Waals surface area contributed by atoms with Gasteiger partial charge in [-0.1, -0.05) is 42.1 Å². The molecule has 0 radical (unpaired) electrons. The van der Waals surface area contributed by atoms with E-state index in [2.05, 4.69) is 5.32 Å². The van der Waals surface area contributed by atoms with Crippen molar-refractivity contribution in [2.24, 2.45) is 0 Å². The maximum Gasteiger partial charge on any atom is 0.258 e. The van der Waals surface area contributed by atoms with Gasteiger partial charge in [0.1, 0.15) is 12.4 Å². The number of rotatable bonds is 6. The van der Waals surface area contributed by atoms with Crippen molar-refractivity contribution in [3.05, 3.63) is 87.6 Å². The SMILES string of the molecule is O=C(Cn1c(SCc2ccccc2)nc2c(c1=O)CCC2)Nc1ccc(F)cc1. The highest BCUT2D eigenvalue weighted by Crippen LogP contribution is 2.24. The first-order chi connectivity index (χ1) is 14.1. The largest absolute Gasteiger partial charge is 0.325 e. The van der Waals surface area contributed by atoms with E-state index < -0.39 is 0 Å². The molecule has 1 N–H and O–H groups in total. The van der Waals surface area contributed by atoms with Crippen LogP contribution in [0.3, 0.4) is 0 Å². The minimum absolute atomic E-state index is 0.131. The topological polar surface area (TPSA) is 64.0 Å². The number of nitrogens with one attached hydrogen (secondary N) is 1. The van der Waals surface area contributed by atoms with E-state index in [1.165, 1.54) is 40.6 Å². The van der Waals surface area contributed by atoms with Crippen molar-refractivity contribution in [3.63, 3.8) is 0 Å². The molecule has 0 aliphatic heterocycles. The average Bonchev–Trinajstić information content (AvgIpc) is 3.20. The number of halogens is 1. The lowest BCUT2D eigenvalue weighted by Gasteiger charge is -2.14. The molecule has 4 rings (SSSR count). The molecule has 29 heavy (non-hydrogen) atoms. The first kappa shape index (κ1) is 19.4. The molecule has 3 aromatic rings. The highest BCUT2D eigenvalue weighted by atomic mass is 32.2. The Labute approximate surface area is 172 Å². The van der Waals surface area contributed by atoms with Gasteiger partial charge < -0.3 is 5.32 Å². The number of hydrogen-bond donors (Lipinski definition) is 1. The molecule has 5 nitrogen and oxygen atoms in total. The zero-order chi connectivity index (χ0) is 20.2. The Morgan fingerprint density at radius 2 is 1.86 bits per heavy atom. The number of carbonyl (C=O) groups is 1. The van der Waals surface area contributed by atoms with E-state index in [0.29, 0.717) is 28.6 Å². The van der Waals surface area contributed by atoms with Crippen LogP contribution in [0.15, 0.2) is 64.5 Å². The van der Waals surface area contributed by atoms with Gasteiger partial charge >= 0.3 is 0 Å². The summed E-state index contributed by atoms with van der Waals surface area (Å²) >= 11 is 1.45. The van der Waals surface area contributed by atoms with Crippen LogP contribution < -0.4 is 10.9 Å². The third-order valence-corrected chi connectivity index (χ3v) is 5.84. The summed E-state index contributed by atoms with van der Waals surface area (Å²) in [6, 6.07) is 15.5. The van der Waals surface area contributed by atoms with Crippen LogP contribution in [0.5, 0.6) is 0 Å². The van der Waals surface area contributed by atoms with Crippen LogP contribution >= 0.6 is 11.8 Å². The van der Waals surface area contributed by atoms with Crippen LogP contribution in [0.2, 0.25) is 0 Å². The molecule has 1 aliphatic carbocycles. The molecule has 0 saturated heterocycles. The van der Waals surface area contributed by atoms with Crippen molar-refractivity contribution in [3.8, 4) is 0 Å². The summed E-state index contributed by atoms with van der Waals surface area (Å²) in [6.45, 7) is -0.131. The Hall–Kier alpha value is -2.93.